The van der Waals surface area contributed by atoms with Crippen LogP contribution in [0.25, 0.3) is 0 Å². The van der Waals surface area contributed by atoms with Gasteiger partial charge in [-0.05, 0) is 31.5 Å². The zero-order valence-electron chi connectivity index (χ0n) is 8.24. The molecule has 2 rings (SSSR count). The van der Waals surface area contributed by atoms with E-state index in [1.807, 2.05) is 32.0 Å². The second-order valence-electron chi connectivity index (χ2n) is 3.79. The first-order chi connectivity index (χ1) is 6.07. The number of nitrogens with two attached hydrogens (primary N) is 1. The van der Waals surface area contributed by atoms with Crippen LogP contribution in [-0.2, 0) is 5.54 Å². The Kier molecular flexibility index (Phi) is 2.92. The highest BCUT2D eigenvalue weighted by Crippen LogP contribution is 2.34. The highest BCUT2D eigenvalue weighted by molar-refractivity contribution is 5.85. The molecule has 78 valence electrons. The van der Waals surface area contributed by atoms with Crippen molar-refractivity contribution in [3.8, 4) is 11.5 Å². The van der Waals surface area contributed by atoms with Crippen LogP contribution in [0.2, 0.25) is 0 Å². The largest absolute Gasteiger partial charge is 0.454 e. The van der Waals surface area contributed by atoms with Gasteiger partial charge in [0.1, 0.15) is 0 Å². The van der Waals surface area contributed by atoms with Gasteiger partial charge >= 0.3 is 0 Å². The van der Waals surface area contributed by atoms with Gasteiger partial charge in [0.2, 0.25) is 6.79 Å². The van der Waals surface area contributed by atoms with Crippen LogP contribution in [0.1, 0.15) is 19.4 Å². The van der Waals surface area contributed by atoms with Crippen LogP contribution in [0.5, 0.6) is 11.5 Å². The fraction of sp³-hybridized carbons (Fsp3) is 0.400. The summed E-state index contributed by atoms with van der Waals surface area (Å²) in [5, 5.41) is 0. The van der Waals surface area contributed by atoms with Gasteiger partial charge in [-0.15, -0.1) is 12.4 Å². The Morgan fingerprint density at radius 1 is 1.21 bits per heavy atom. The first-order valence-electron chi connectivity index (χ1n) is 4.26. The summed E-state index contributed by atoms with van der Waals surface area (Å²) in [6, 6.07) is 5.79. The van der Waals surface area contributed by atoms with Crippen molar-refractivity contribution < 1.29 is 9.47 Å². The maximum absolute atomic E-state index is 5.95. The smallest absolute Gasteiger partial charge is 0.231 e. The molecule has 0 saturated heterocycles. The molecule has 0 aromatic heterocycles. The third kappa shape index (κ3) is 1.94. The molecule has 1 aromatic carbocycles. The molecule has 0 aliphatic carbocycles. The van der Waals surface area contributed by atoms with Gasteiger partial charge in [-0.1, -0.05) is 6.07 Å². The fourth-order valence-electron chi connectivity index (χ4n) is 1.30. The number of halogens is 1. The van der Waals surface area contributed by atoms with Gasteiger partial charge in [-0.25, -0.2) is 0 Å². The lowest BCUT2D eigenvalue weighted by atomic mass is 9.95. The van der Waals surface area contributed by atoms with E-state index in [1.165, 1.54) is 0 Å². The van der Waals surface area contributed by atoms with Crippen molar-refractivity contribution in [2.75, 3.05) is 6.79 Å². The lowest BCUT2D eigenvalue weighted by molar-refractivity contribution is 0.174. The molecule has 0 bridgehead atoms. The molecule has 1 aliphatic rings. The van der Waals surface area contributed by atoms with Crippen molar-refractivity contribution in [2.24, 2.45) is 5.73 Å². The van der Waals surface area contributed by atoms with Crippen molar-refractivity contribution in [1.29, 1.82) is 0 Å². The van der Waals surface area contributed by atoms with E-state index < -0.39 is 0 Å². The van der Waals surface area contributed by atoms with E-state index >= 15 is 0 Å². The van der Waals surface area contributed by atoms with Crippen molar-refractivity contribution >= 4 is 12.4 Å². The zero-order chi connectivity index (χ0) is 9.47. The van der Waals surface area contributed by atoms with Gasteiger partial charge in [0, 0.05) is 5.54 Å². The molecule has 0 amide bonds. The minimum absolute atomic E-state index is 0. The Balaban J connectivity index is 0.000000980. The molecule has 4 heteroatoms. The molecular weight excluding hydrogens is 202 g/mol. The molecule has 3 nitrogen and oxygen atoms in total. The van der Waals surface area contributed by atoms with Gasteiger partial charge in [0.25, 0.3) is 0 Å². The molecule has 0 spiro atoms. The Bertz CT molecular complexity index is 333. The standard InChI is InChI=1S/C10H13NO2.ClH/c1-10(2,11)7-3-4-8-9(5-7)13-6-12-8;/h3-5H,6,11H2,1-2H3;1H. The summed E-state index contributed by atoms with van der Waals surface area (Å²) < 4.78 is 10.5. The average Bonchev–Trinajstić information content (AvgIpc) is 2.47. The number of fused-ring (bicyclic) bond motifs is 1. The maximum atomic E-state index is 5.95. The van der Waals surface area contributed by atoms with E-state index in [0.717, 1.165) is 17.1 Å². The molecule has 2 N–H and O–H groups in total. The van der Waals surface area contributed by atoms with E-state index in [2.05, 4.69) is 0 Å². The van der Waals surface area contributed by atoms with Gasteiger partial charge < -0.3 is 15.2 Å². The van der Waals surface area contributed by atoms with Crippen LogP contribution >= 0.6 is 12.4 Å². The Morgan fingerprint density at radius 3 is 2.50 bits per heavy atom. The summed E-state index contributed by atoms with van der Waals surface area (Å²) >= 11 is 0. The van der Waals surface area contributed by atoms with E-state index in [0.29, 0.717) is 6.79 Å². The minimum atomic E-state index is -0.332. The molecular formula is C10H14ClNO2. The molecule has 1 aromatic rings. The number of hydrogen-bond acceptors (Lipinski definition) is 3. The van der Waals surface area contributed by atoms with Crippen LogP contribution in [0.3, 0.4) is 0 Å². The molecule has 0 fully saturated rings. The van der Waals surface area contributed by atoms with Crippen LogP contribution in [0, 0.1) is 0 Å². The van der Waals surface area contributed by atoms with Gasteiger partial charge in [-0.2, -0.15) is 0 Å². The number of benzene rings is 1. The van der Waals surface area contributed by atoms with Gasteiger partial charge in [0.15, 0.2) is 11.5 Å². The quantitative estimate of drug-likeness (QED) is 0.780. The average molecular weight is 216 g/mol. The van der Waals surface area contributed by atoms with Crippen molar-refractivity contribution in [1.82, 2.24) is 0 Å². The number of hydrogen-bond donors (Lipinski definition) is 1. The van der Waals surface area contributed by atoms with Gasteiger partial charge in [-0.3, -0.25) is 0 Å². The molecule has 0 atom stereocenters. The molecule has 0 unspecified atom stereocenters. The molecule has 0 radical (unpaired) electrons. The maximum Gasteiger partial charge on any atom is 0.231 e. The number of rotatable bonds is 1. The summed E-state index contributed by atoms with van der Waals surface area (Å²) in [5.41, 5.74) is 6.67. The van der Waals surface area contributed by atoms with Crippen LogP contribution in [-0.4, -0.2) is 6.79 Å². The molecule has 1 aliphatic heterocycles. The summed E-state index contributed by atoms with van der Waals surface area (Å²) in [6.45, 7) is 4.23. The molecule has 14 heavy (non-hydrogen) atoms. The predicted octanol–water partition coefficient (Wildman–Crippen LogP) is 2.03. The van der Waals surface area contributed by atoms with E-state index in [9.17, 15) is 0 Å². The summed E-state index contributed by atoms with van der Waals surface area (Å²) in [7, 11) is 0. The Hall–Kier alpha value is -0.930. The predicted molar refractivity (Wildman–Crippen MR) is 57.0 cm³/mol. The lowest BCUT2D eigenvalue weighted by Crippen LogP contribution is -2.28. The fourth-order valence-corrected chi connectivity index (χ4v) is 1.30. The molecule has 0 saturated carbocycles. The third-order valence-electron chi connectivity index (χ3n) is 2.12. The van der Waals surface area contributed by atoms with Crippen molar-refractivity contribution in [3.05, 3.63) is 23.8 Å². The Labute approximate surface area is 89.6 Å². The summed E-state index contributed by atoms with van der Waals surface area (Å²) in [4.78, 5) is 0. The van der Waals surface area contributed by atoms with E-state index in [4.69, 9.17) is 15.2 Å². The second kappa shape index (κ2) is 3.67. The van der Waals surface area contributed by atoms with Crippen molar-refractivity contribution in [3.63, 3.8) is 0 Å². The minimum Gasteiger partial charge on any atom is -0.454 e. The van der Waals surface area contributed by atoms with Crippen LogP contribution in [0.4, 0.5) is 0 Å². The van der Waals surface area contributed by atoms with Gasteiger partial charge in [0.05, 0.1) is 0 Å². The Morgan fingerprint density at radius 2 is 1.86 bits per heavy atom. The van der Waals surface area contributed by atoms with E-state index in [1.54, 1.807) is 0 Å². The zero-order valence-corrected chi connectivity index (χ0v) is 9.06. The molecule has 1 heterocycles. The monoisotopic (exact) mass is 215 g/mol. The highest BCUT2D eigenvalue weighted by Gasteiger charge is 2.19. The normalized spacial score (nSPS) is 13.6. The summed E-state index contributed by atoms with van der Waals surface area (Å²) in [6.07, 6.45) is 0. The first kappa shape index (κ1) is 11.1. The summed E-state index contributed by atoms with van der Waals surface area (Å²) in [5.74, 6) is 1.59. The van der Waals surface area contributed by atoms with Crippen LogP contribution in [0.15, 0.2) is 18.2 Å². The van der Waals surface area contributed by atoms with Crippen molar-refractivity contribution in [2.45, 2.75) is 19.4 Å². The topological polar surface area (TPSA) is 44.5 Å². The highest BCUT2D eigenvalue weighted by atomic mass is 35.5. The first-order valence-corrected chi connectivity index (χ1v) is 4.26. The lowest BCUT2D eigenvalue weighted by Gasteiger charge is -2.19. The van der Waals surface area contributed by atoms with Crippen LogP contribution < -0.4 is 15.2 Å². The SMILES string of the molecule is CC(C)(N)c1ccc2c(c1)OCO2.Cl. The second-order valence-corrected chi connectivity index (χ2v) is 3.79. The third-order valence-corrected chi connectivity index (χ3v) is 2.12. The number of ether oxygens (including phenoxy) is 2. The van der Waals surface area contributed by atoms with E-state index in [-0.39, 0.29) is 17.9 Å².